The molecule has 0 aliphatic carbocycles. The Morgan fingerprint density at radius 2 is 2.12 bits per heavy atom. The lowest BCUT2D eigenvalue weighted by molar-refractivity contribution is -0.150. The molecule has 126 valence electrons. The van der Waals surface area contributed by atoms with Gasteiger partial charge in [-0.1, -0.05) is 17.7 Å². The van der Waals surface area contributed by atoms with E-state index >= 15 is 0 Å². The smallest absolute Gasteiger partial charge is 0.323 e. The van der Waals surface area contributed by atoms with Crippen molar-refractivity contribution in [3.05, 3.63) is 41.0 Å². The van der Waals surface area contributed by atoms with E-state index in [-0.39, 0.29) is 18.5 Å². The normalized spacial score (nSPS) is 19.0. The minimum atomic E-state index is -0.987. The number of carbonyl (C=O) groups is 2. The minimum Gasteiger partial charge on any atom is -0.480 e. The number of aromatic nitrogens is 1. The number of rotatable bonds is 4. The first-order chi connectivity index (χ1) is 11.4. The van der Waals surface area contributed by atoms with Crippen LogP contribution in [0.25, 0.3) is 10.9 Å². The van der Waals surface area contributed by atoms with Gasteiger partial charge in [-0.15, -0.1) is 0 Å². The van der Waals surface area contributed by atoms with Gasteiger partial charge in [0.1, 0.15) is 6.54 Å². The predicted molar refractivity (Wildman–Crippen MR) is 90.8 cm³/mol. The van der Waals surface area contributed by atoms with Crippen LogP contribution in [0, 0.1) is 0 Å². The van der Waals surface area contributed by atoms with Gasteiger partial charge in [-0.25, -0.2) is 0 Å². The van der Waals surface area contributed by atoms with Gasteiger partial charge in [0, 0.05) is 30.0 Å². The molecule has 6 nitrogen and oxygen atoms in total. The monoisotopic (exact) mass is 347 g/mol. The molecule has 24 heavy (non-hydrogen) atoms. The molecular formula is C17H18ClN3O3. The van der Waals surface area contributed by atoms with Crippen LogP contribution < -0.4 is 0 Å². The molecule has 2 aromatic rings. The Bertz CT molecular complexity index is 796. The van der Waals surface area contributed by atoms with Gasteiger partial charge in [-0.3, -0.25) is 19.5 Å². The van der Waals surface area contributed by atoms with Crippen LogP contribution in [0.2, 0.25) is 5.02 Å². The van der Waals surface area contributed by atoms with Crippen molar-refractivity contribution in [3.63, 3.8) is 0 Å². The minimum absolute atomic E-state index is 0.156. The number of hydrogen-bond donors (Lipinski definition) is 1. The Kier molecular flexibility index (Phi) is 4.69. The second-order valence-electron chi connectivity index (χ2n) is 5.94. The zero-order valence-corrected chi connectivity index (χ0v) is 14.0. The number of carboxylic acids is 1. The van der Waals surface area contributed by atoms with Crippen molar-refractivity contribution >= 4 is 34.4 Å². The summed E-state index contributed by atoms with van der Waals surface area (Å²) in [6.45, 7) is 3.15. The standard InChI is InChI=1S/C17H18ClN3O3/c1-11-17(24)21(10-16(22)23)7-6-20(11)9-14-4-2-12-8-13(18)3-5-15(12)19-14/h2-5,8,11H,6-7,9-10H2,1H3,(H,22,23)/t11-/m0/s1. The fraction of sp³-hybridized carbons (Fsp3) is 0.353. The number of carbonyl (C=O) groups excluding carboxylic acids is 1. The van der Waals surface area contributed by atoms with E-state index in [9.17, 15) is 9.59 Å². The van der Waals surface area contributed by atoms with Gasteiger partial charge in [-0.2, -0.15) is 0 Å². The zero-order chi connectivity index (χ0) is 17.3. The Balaban J connectivity index is 1.73. The maximum Gasteiger partial charge on any atom is 0.323 e. The summed E-state index contributed by atoms with van der Waals surface area (Å²) < 4.78 is 0. The highest BCUT2D eigenvalue weighted by molar-refractivity contribution is 6.31. The summed E-state index contributed by atoms with van der Waals surface area (Å²) >= 11 is 5.98. The predicted octanol–water partition coefficient (Wildman–Crippen LogP) is 2.01. The van der Waals surface area contributed by atoms with Crippen molar-refractivity contribution in [2.75, 3.05) is 19.6 Å². The third kappa shape index (κ3) is 3.49. The van der Waals surface area contributed by atoms with Crippen LogP contribution in [-0.4, -0.2) is 57.4 Å². The van der Waals surface area contributed by atoms with Crippen LogP contribution >= 0.6 is 11.6 Å². The van der Waals surface area contributed by atoms with Crippen LogP contribution in [0.3, 0.4) is 0 Å². The first-order valence-corrected chi connectivity index (χ1v) is 8.11. The lowest BCUT2D eigenvalue weighted by atomic mass is 10.1. The molecule has 1 aliphatic heterocycles. The number of carboxylic acid groups (broad SMARTS) is 1. The number of halogens is 1. The van der Waals surface area contributed by atoms with E-state index in [0.717, 1.165) is 16.6 Å². The van der Waals surface area contributed by atoms with Crippen molar-refractivity contribution in [2.45, 2.75) is 19.5 Å². The van der Waals surface area contributed by atoms with Crippen molar-refractivity contribution in [1.29, 1.82) is 0 Å². The summed E-state index contributed by atoms with van der Waals surface area (Å²) in [5.41, 5.74) is 1.73. The van der Waals surface area contributed by atoms with Crippen molar-refractivity contribution in [2.24, 2.45) is 0 Å². The fourth-order valence-corrected chi connectivity index (χ4v) is 3.12. The third-order valence-corrected chi connectivity index (χ3v) is 4.51. The van der Waals surface area contributed by atoms with Crippen LogP contribution in [0.4, 0.5) is 0 Å². The number of benzene rings is 1. The molecule has 0 unspecified atom stereocenters. The maximum absolute atomic E-state index is 12.3. The first-order valence-electron chi connectivity index (χ1n) is 7.74. The zero-order valence-electron chi connectivity index (χ0n) is 13.3. The Morgan fingerprint density at radius 3 is 2.88 bits per heavy atom. The summed E-state index contributed by atoms with van der Waals surface area (Å²) in [6, 6.07) is 9.08. The fourth-order valence-electron chi connectivity index (χ4n) is 2.94. The van der Waals surface area contributed by atoms with E-state index in [1.807, 2.05) is 29.2 Å². The van der Waals surface area contributed by atoms with E-state index < -0.39 is 5.97 Å². The molecule has 7 heteroatoms. The highest BCUT2D eigenvalue weighted by atomic mass is 35.5. The highest BCUT2D eigenvalue weighted by Crippen LogP contribution is 2.20. The quantitative estimate of drug-likeness (QED) is 0.915. The van der Waals surface area contributed by atoms with Gasteiger partial charge < -0.3 is 10.0 Å². The number of nitrogens with zero attached hydrogens (tertiary/aromatic N) is 3. The second kappa shape index (κ2) is 6.75. The van der Waals surface area contributed by atoms with Gasteiger partial charge in [0.25, 0.3) is 0 Å². The van der Waals surface area contributed by atoms with Gasteiger partial charge in [0.2, 0.25) is 5.91 Å². The highest BCUT2D eigenvalue weighted by Gasteiger charge is 2.32. The van der Waals surface area contributed by atoms with Crippen molar-refractivity contribution in [3.8, 4) is 0 Å². The van der Waals surface area contributed by atoms with Crippen molar-refractivity contribution < 1.29 is 14.7 Å². The third-order valence-electron chi connectivity index (χ3n) is 4.27. The Labute approximate surface area is 144 Å². The van der Waals surface area contributed by atoms with Gasteiger partial charge in [0.15, 0.2) is 0 Å². The summed E-state index contributed by atoms with van der Waals surface area (Å²) in [5, 5.41) is 10.5. The molecular weight excluding hydrogens is 330 g/mol. The molecule has 1 aromatic heterocycles. The molecule has 0 bridgehead atoms. The van der Waals surface area contributed by atoms with E-state index in [1.165, 1.54) is 4.90 Å². The van der Waals surface area contributed by atoms with Crippen molar-refractivity contribution in [1.82, 2.24) is 14.8 Å². The molecule has 0 radical (unpaired) electrons. The van der Waals surface area contributed by atoms with E-state index in [1.54, 1.807) is 13.0 Å². The van der Waals surface area contributed by atoms with Gasteiger partial charge in [0.05, 0.1) is 17.3 Å². The molecule has 1 aromatic carbocycles. The molecule has 0 spiro atoms. The summed E-state index contributed by atoms with van der Waals surface area (Å²) in [5.74, 6) is -1.14. The van der Waals surface area contributed by atoms with E-state index in [4.69, 9.17) is 16.7 Å². The van der Waals surface area contributed by atoms with Crippen LogP contribution in [-0.2, 0) is 16.1 Å². The molecule has 1 fully saturated rings. The average Bonchev–Trinajstić information content (AvgIpc) is 2.54. The van der Waals surface area contributed by atoms with E-state index in [0.29, 0.717) is 24.7 Å². The SMILES string of the molecule is C[C@H]1C(=O)N(CC(=O)O)CCN1Cc1ccc2cc(Cl)ccc2n1. The number of aliphatic carboxylic acids is 1. The number of pyridine rings is 1. The Morgan fingerprint density at radius 1 is 1.33 bits per heavy atom. The molecule has 2 heterocycles. The lowest BCUT2D eigenvalue weighted by Crippen LogP contribution is -2.56. The number of piperazine rings is 1. The van der Waals surface area contributed by atoms with Gasteiger partial charge >= 0.3 is 5.97 Å². The second-order valence-corrected chi connectivity index (χ2v) is 6.38. The number of amides is 1. The number of fused-ring (bicyclic) bond motifs is 1. The summed E-state index contributed by atoms with van der Waals surface area (Å²) in [7, 11) is 0. The van der Waals surface area contributed by atoms with Gasteiger partial charge in [-0.05, 0) is 31.2 Å². The molecule has 0 saturated carbocycles. The molecule has 1 amide bonds. The topological polar surface area (TPSA) is 73.7 Å². The lowest BCUT2D eigenvalue weighted by Gasteiger charge is -2.38. The summed E-state index contributed by atoms with van der Waals surface area (Å²) in [4.78, 5) is 31.1. The largest absolute Gasteiger partial charge is 0.480 e. The first kappa shape index (κ1) is 16.7. The molecule has 1 N–H and O–H groups in total. The molecule has 3 rings (SSSR count). The van der Waals surface area contributed by atoms with Crippen LogP contribution in [0.5, 0.6) is 0 Å². The molecule has 1 saturated heterocycles. The maximum atomic E-state index is 12.3. The molecule has 1 aliphatic rings. The van der Waals surface area contributed by atoms with Crippen LogP contribution in [0.1, 0.15) is 12.6 Å². The molecule has 1 atom stereocenters. The Hall–Kier alpha value is -2.18. The average molecular weight is 348 g/mol. The van der Waals surface area contributed by atoms with Crippen LogP contribution in [0.15, 0.2) is 30.3 Å². The van der Waals surface area contributed by atoms with E-state index in [2.05, 4.69) is 4.98 Å². The number of hydrogen-bond acceptors (Lipinski definition) is 4. The summed E-state index contributed by atoms with van der Waals surface area (Å²) in [6.07, 6.45) is 0.